The number of nitrogens with one attached hydrogen (secondary N) is 1. The van der Waals surface area contributed by atoms with E-state index in [1.165, 1.54) is 7.11 Å². The first kappa shape index (κ1) is 18.3. The van der Waals surface area contributed by atoms with Crippen LogP contribution in [0.3, 0.4) is 0 Å². The Bertz CT molecular complexity index is 458. The summed E-state index contributed by atoms with van der Waals surface area (Å²) < 4.78 is 29.4. The second kappa shape index (κ2) is 8.48. The Kier molecular flexibility index (Phi) is 7.77. The van der Waals surface area contributed by atoms with Gasteiger partial charge in [0.2, 0.25) is 10.0 Å². The summed E-state index contributed by atoms with van der Waals surface area (Å²) in [5.41, 5.74) is 0. The number of rotatable bonds is 10. The molecule has 0 aliphatic heterocycles. The standard InChI is InChI=1S/C10H17NO8S/c1-19-9(14)3-2-6-20(17,18)11-7(10(15)16)4-5-8(12)13/h7,11H,2-6H2,1H3,(H,12,13)(H,15,16). The van der Waals surface area contributed by atoms with Crippen LogP contribution in [0.4, 0.5) is 0 Å². The number of carbonyl (C=O) groups excluding carboxylic acids is 1. The average Bonchev–Trinajstić information content (AvgIpc) is 2.33. The maximum atomic E-state index is 11.6. The molecule has 3 N–H and O–H groups in total. The Morgan fingerprint density at radius 1 is 1.20 bits per heavy atom. The normalized spacial score (nSPS) is 12.7. The Hall–Kier alpha value is -1.68. The number of carbonyl (C=O) groups is 3. The highest BCUT2D eigenvalue weighted by Crippen LogP contribution is 2.03. The predicted molar refractivity (Wildman–Crippen MR) is 66.5 cm³/mol. The van der Waals surface area contributed by atoms with Gasteiger partial charge in [-0.3, -0.25) is 14.4 Å². The lowest BCUT2D eigenvalue weighted by Crippen LogP contribution is -2.42. The van der Waals surface area contributed by atoms with Gasteiger partial charge in [0.05, 0.1) is 12.9 Å². The molecule has 0 saturated heterocycles. The first-order chi connectivity index (χ1) is 9.18. The molecule has 0 aliphatic rings. The van der Waals surface area contributed by atoms with Gasteiger partial charge in [0.15, 0.2) is 0 Å². The molecule has 0 aromatic heterocycles. The minimum atomic E-state index is -3.91. The number of hydrogen-bond donors (Lipinski definition) is 3. The maximum absolute atomic E-state index is 11.6. The predicted octanol–water partition coefficient (Wildman–Crippen LogP) is -0.823. The third kappa shape index (κ3) is 8.43. The van der Waals surface area contributed by atoms with Gasteiger partial charge in [-0.2, -0.15) is 0 Å². The van der Waals surface area contributed by atoms with Gasteiger partial charge in [0.25, 0.3) is 0 Å². The molecule has 9 nitrogen and oxygen atoms in total. The van der Waals surface area contributed by atoms with Crippen molar-refractivity contribution >= 4 is 27.9 Å². The van der Waals surface area contributed by atoms with Crippen molar-refractivity contribution in [2.24, 2.45) is 0 Å². The Morgan fingerprint density at radius 2 is 1.80 bits per heavy atom. The van der Waals surface area contributed by atoms with Crippen molar-refractivity contribution in [2.75, 3.05) is 12.9 Å². The van der Waals surface area contributed by atoms with Gasteiger partial charge in [-0.15, -0.1) is 0 Å². The molecule has 0 saturated carbocycles. The molecule has 20 heavy (non-hydrogen) atoms. The first-order valence-electron chi connectivity index (χ1n) is 5.69. The lowest BCUT2D eigenvalue weighted by Gasteiger charge is -2.13. The van der Waals surface area contributed by atoms with Gasteiger partial charge < -0.3 is 14.9 Å². The lowest BCUT2D eigenvalue weighted by atomic mass is 10.2. The third-order valence-electron chi connectivity index (χ3n) is 2.29. The number of carboxylic acids is 2. The van der Waals surface area contributed by atoms with Crippen LogP contribution in [0, 0.1) is 0 Å². The molecule has 1 unspecified atom stereocenters. The molecule has 0 aromatic carbocycles. The molecule has 1 atom stereocenters. The lowest BCUT2D eigenvalue weighted by molar-refractivity contribution is -0.141. The summed E-state index contributed by atoms with van der Waals surface area (Å²) in [6, 6.07) is -1.51. The fraction of sp³-hybridized carbons (Fsp3) is 0.700. The summed E-state index contributed by atoms with van der Waals surface area (Å²) in [7, 11) is -2.74. The molecule has 0 fully saturated rings. The zero-order valence-electron chi connectivity index (χ0n) is 10.9. The van der Waals surface area contributed by atoms with E-state index in [1.807, 2.05) is 4.72 Å². The third-order valence-corrected chi connectivity index (χ3v) is 3.76. The summed E-state index contributed by atoms with van der Waals surface area (Å²) in [5, 5.41) is 17.3. The second-order valence-electron chi connectivity index (χ2n) is 3.94. The van der Waals surface area contributed by atoms with Crippen molar-refractivity contribution in [1.29, 1.82) is 0 Å². The van der Waals surface area contributed by atoms with Crippen LogP contribution in [0.15, 0.2) is 0 Å². The molecule has 0 heterocycles. The van der Waals surface area contributed by atoms with Crippen molar-refractivity contribution in [2.45, 2.75) is 31.7 Å². The summed E-state index contributed by atoms with van der Waals surface area (Å²) in [4.78, 5) is 32.0. The minimum Gasteiger partial charge on any atom is -0.481 e. The van der Waals surface area contributed by atoms with E-state index in [-0.39, 0.29) is 19.3 Å². The van der Waals surface area contributed by atoms with E-state index in [0.29, 0.717) is 0 Å². The van der Waals surface area contributed by atoms with Gasteiger partial charge in [-0.1, -0.05) is 0 Å². The Labute approximate surface area is 116 Å². The highest BCUT2D eigenvalue weighted by molar-refractivity contribution is 7.89. The summed E-state index contributed by atoms with van der Waals surface area (Å²) in [6.07, 6.45) is -0.958. The molecular formula is C10H17NO8S. The largest absolute Gasteiger partial charge is 0.481 e. The number of esters is 1. The summed E-state index contributed by atoms with van der Waals surface area (Å²) >= 11 is 0. The van der Waals surface area contributed by atoms with E-state index in [4.69, 9.17) is 10.2 Å². The quantitative estimate of drug-likeness (QED) is 0.443. The molecule has 0 amide bonds. The van der Waals surface area contributed by atoms with E-state index in [9.17, 15) is 22.8 Å². The fourth-order valence-electron chi connectivity index (χ4n) is 1.28. The van der Waals surface area contributed by atoms with Crippen molar-refractivity contribution in [3.05, 3.63) is 0 Å². The van der Waals surface area contributed by atoms with Crippen LogP contribution < -0.4 is 4.72 Å². The molecule has 0 aromatic rings. The minimum absolute atomic E-state index is 0.0206. The van der Waals surface area contributed by atoms with Crippen LogP contribution in [-0.4, -0.2) is 55.4 Å². The van der Waals surface area contributed by atoms with Crippen molar-refractivity contribution in [1.82, 2.24) is 4.72 Å². The molecule has 10 heteroatoms. The fourth-order valence-corrected chi connectivity index (χ4v) is 2.58. The van der Waals surface area contributed by atoms with Gasteiger partial charge in [-0.05, 0) is 12.8 Å². The van der Waals surface area contributed by atoms with Gasteiger partial charge in [0.1, 0.15) is 6.04 Å². The zero-order chi connectivity index (χ0) is 15.8. The molecule has 0 radical (unpaired) electrons. The number of carboxylic acid groups (broad SMARTS) is 2. The van der Waals surface area contributed by atoms with Crippen LogP contribution in [0.2, 0.25) is 0 Å². The van der Waals surface area contributed by atoms with E-state index < -0.39 is 46.1 Å². The van der Waals surface area contributed by atoms with E-state index in [2.05, 4.69) is 4.74 Å². The van der Waals surface area contributed by atoms with Crippen LogP contribution >= 0.6 is 0 Å². The van der Waals surface area contributed by atoms with E-state index in [0.717, 1.165) is 0 Å². The van der Waals surface area contributed by atoms with Crippen LogP contribution in [0.25, 0.3) is 0 Å². The first-order valence-corrected chi connectivity index (χ1v) is 7.34. The summed E-state index contributed by atoms with van der Waals surface area (Å²) in [5.74, 6) is -3.69. The Morgan fingerprint density at radius 3 is 2.25 bits per heavy atom. The molecular weight excluding hydrogens is 294 g/mol. The highest BCUT2D eigenvalue weighted by atomic mass is 32.2. The summed E-state index contributed by atoms with van der Waals surface area (Å²) in [6.45, 7) is 0. The average molecular weight is 311 g/mol. The number of methoxy groups -OCH3 is 1. The van der Waals surface area contributed by atoms with Gasteiger partial charge in [0, 0.05) is 12.8 Å². The van der Waals surface area contributed by atoms with Gasteiger partial charge >= 0.3 is 17.9 Å². The smallest absolute Gasteiger partial charge is 0.321 e. The van der Waals surface area contributed by atoms with E-state index in [1.54, 1.807) is 0 Å². The molecule has 116 valence electrons. The molecule has 0 rings (SSSR count). The molecule has 0 bridgehead atoms. The zero-order valence-corrected chi connectivity index (χ0v) is 11.7. The van der Waals surface area contributed by atoms with Crippen LogP contribution in [0.1, 0.15) is 25.7 Å². The molecule has 0 aliphatic carbocycles. The highest BCUT2D eigenvalue weighted by Gasteiger charge is 2.24. The maximum Gasteiger partial charge on any atom is 0.321 e. The second-order valence-corrected chi connectivity index (χ2v) is 5.81. The number of hydrogen-bond acceptors (Lipinski definition) is 6. The Balaban J connectivity index is 4.41. The van der Waals surface area contributed by atoms with Crippen molar-refractivity contribution in [3.8, 4) is 0 Å². The van der Waals surface area contributed by atoms with Gasteiger partial charge in [-0.25, -0.2) is 13.1 Å². The van der Waals surface area contributed by atoms with Crippen LogP contribution in [-0.2, 0) is 29.1 Å². The number of sulfonamides is 1. The number of aliphatic carboxylic acids is 2. The SMILES string of the molecule is COC(=O)CCCS(=O)(=O)NC(CCC(=O)O)C(=O)O. The number of ether oxygens (including phenoxy) is 1. The monoisotopic (exact) mass is 311 g/mol. The van der Waals surface area contributed by atoms with Crippen molar-refractivity contribution in [3.63, 3.8) is 0 Å². The topological polar surface area (TPSA) is 147 Å². The van der Waals surface area contributed by atoms with E-state index >= 15 is 0 Å². The molecule has 0 spiro atoms. The van der Waals surface area contributed by atoms with Crippen LogP contribution in [0.5, 0.6) is 0 Å². The van der Waals surface area contributed by atoms with Crippen molar-refractivity contribution < 1.29 is 37.8 Å².